The fourth-order valence-electron chi connectivity index (χ4n) is 1.56. The molecule has 0 aliphatic rings. The van der Waals surface area contributed by atoms with Gasteiger partial charge in [-0.1, -0.05) is 15.9 Å². The van der Waals surface area contributed by atoms with Gasteiger partial charge in [0.15, 0.2) is 0 Å². The van der Waals surface area contributed by atoms with E-state index in [1.165, 1.54) is 24.4 Å². The van der Waals surface area contributed by atoms with E-state index in [4.69, 9.17) is 5.73 Å². The van der Waals surface area contributed by atoms with E-state index in [1.54, 1.807) is 0 Å². The first kappa shape index (κ1) is 14.4. The van der Waals surface area contributed by atoms with Crippen molar-refractivity contribution in [2.75, 3.05) is 11.1 Å². The molecular weight excluding hydrogens is 339 g/mol. The van der Waals surface area contributed by atoms with Gasteiger partial charge in [-0.15, -0.1) is 0 Å². The van der Waals surface area contributed by atoms with Crippen LogP contribution in [0.25, 0.3) is 0 Å². The molecule has 0 aliphatic heterocycles. The number of alkyl halides is 3. The van der Waals surface area contributed by atoms with Crippen molar-refractivity contribution in [1.82, 2.24) is 4.98 Å². The van der Waals surface area contributed by atoms with Gasteiger partial charge in [-0.2, -0.15) is 13.2 Å². The van der Waals surface area contributed by atoms with E-state index < -0.39 is 17.6 Å². The van der Waals surface area contributed by atoms with E-state index in [2.05, 4.69) is 26.2 Å². The lowest BCUT2D eigenvalue weighted by atomic mass is 10.2. The number of hydrogen-bond donors (Lipinski definition) is 3. The Morgan fingerprint density at radius 2 is 2.00 bits per heavy atom. The van der Waals surface area contributed by atoms with Gasteiger partial charge in [0.1, 0.15) is 5.69 Å². The summed E-state index contributed by atoms with van der Waals surface area (Å²) in [6.07, 6.45) is -3.09. The highest BCUT2D eigenvalue weighted by atomic mass is 79.9. The minimum absolute atomic E-state index is 0.0405. The molecule has 1 heterocycles. The van der Waals surface area contributed by atoms with Crippen LogP contribution in [0.1, 0.15) is 16.1 Å². The third kappa shape index (κ3) is 3.13. The smallest absolute Gasteiger partial charge is 0.397 e. The molecule has 106 valence electrons. The number of H-pyrrole nitrogens is 1. The zero-order valence-electron chi connectivity index (χ0n) is 9.88. The quantitative estimate of drug-likeness (QED) is 0.776. The number of aromatic amines is 1. The number of nitrogens with one attached hydrogen (secondary N) is 2. The molecule has 0 aliphatic carbocycles. The van der Waals surface area contributed by atoms with Crippen molar-refractivity contribution in [1.29, 1.82) is 0 Å². The molecule has 0 fully saturated rings. The average Bonchev–Trinajstić information content (AvgIpc) is 2.77. The lowest BCUT2D eigenvalue weighted by Gasteiger charge is -2.11. The molecule has 8 heteroatoms. The molecule has 1 aromatic heterocycles. The van der Waals surface area contributed by atoms with Gasteiger partial charge in [0.2, 0.25) is 0 Å². The first-order valence-electron chi connectivity index (χ1n) is 5.39. The topological polar surface area (TPSA) is 70.9 Å². The lowest BCUT2D eigenvalue weighted by molar-refractivity contribution is -0.138. The van der Waals surface area contributed by atoms with Crippen molar-refractivity contribution < 1.29 is 18.0 Å². The molecule has 0 atom stereocenters. The van der Waals surface area contributed by atoms with Gasteiger partial charge < -0.3 is 16.0 Å². The Kier molecular flexibility index (Phi) is 3.76. The normalized spacial score (nSPS) is 11.4. The van der Waals surface area contributed by atoms with E-state index in [0.717, 1.165) is 6.07 Å². The predicted molar refractivity (Wildman–Crippen MR) is 72.3 cm³/mol. The summed E-state index contributed by atoms with van der Waals surface area (Å²) in [6.45, 7) is 0. The molecule has 0 saturated carbocycles. The van der Waals surface area contributed by atoms with Crippen LogP contribution in [0, 0.1) is 0 Å². The highest BCUT2D eigenvalue weighted by Crippen LogP contribution is 2.36. The number of hydrogen-bond acceptors (Lipinski definition) is 2. The maximum Gasteiger partial charge on any atom is 0.417 e. The monoisotopic (exact) mass is 347 g/mol. The Morgan fingerprint density at radius 1 is 1.30 bits per heavy atom. The van der Waals surface area contributed by atoms with Gasteiger partial charge in [-0.05, 0) is 24.3 Å². The molecule has 1 aromatic carbocycles. The average molecular weight is 348 g/mol. The predicted octanol–water partition coefficient (Wildman–Crippen LogP) is 3.63. The molecule has 2 aromatic rings. The second kappa shape index (κ2) is 5.20. The standard InChI is InChI=1S/C12H9BrF3N3O/c13-9-2-1-7(4-8(9)12(14,15)16)19-11(20)10-3-6(17)5-18-10/h1-5,18H,17H2,(H,19,20). The van der Waals surface area contributed by atoms with E-state index in [9.17, 15) is 18.0 Å². The summed E-state index contributed by atoms with van der Waals surface area (Å²) in [7, 11) is 0. The third-order valence-electron chi connectivity index (χ3n) is 2.48. The van der Waals surface area contributed by atoms with Crippen LogP contribution >= 0.6 is 15.9 Å². The molecular formula is C12H9BrF3N3O. The van der Waals surface area contributed by atoms with Crippen LogP contribution in [0.3, 0.4) is 0 Å². The van der Waals surface area contributed by atoms with Crippen molar-refractivity contribution >= 4 is 33.2 Å². The molecule has 2 rings (SSSR count). The number of anilines is 2. The summed E-state index contributed by atoms with van der Waals surface area (Å²) in [4.78, 5) is 14.4. The van der Waals surface area contributed by atoms with Crippen LogP contribution in [-0.4, -0.2) is 10.9 Å². The first-order valence-corrected chi connectivity index (χ1v) is 6.18. The van der Waals surface area contributed by atoms with Crippen molar-refractivity contribution in [3.63, 3.8) is 0 Å². The number of nitrogen functional groups attached to an aromatic ring is 1. The van der Waals surface area contributed by atoms with Crippen LogP contribution in [-0.2, 0) is 6.18 Å². The summed E-state index contributed by atoms with van der Waals surface area (Å²) < 4.78 is 38.1. The molecule has 0 radical (unpaired) electrons. The van der Waals surface area contributed by atoms with Crippen LogP contribution in [0.4, 0.5) is 24.5 Å². The SMILES string of the molecule is Nc1c[nH]c(C(=O)Nc2ccc(Br)c(C(F)(F)F)c2)c1. The molecule has 0 unspecified atom stereocenters. The third-order valence-corrected chi connectivity index (χ3v) is 3.17. The van der Waals surface area contributed by atoms with Crippen LogP contribution in [0.15, 0.2) is 34.9 Å². The summed E-state index contributed by atoms with van der Waals surface area (Å²) in [5.74, 6) is -0.572. The number of halogens is 4. The van der Waals surface area contributed by atoms with Crippen molar-refractivity contribution in [3.05, 3.63) is 46.2 Å². The lowest BCUT2D eigenvalue weighted by Crippen LogP contribution is -2.13. The fourth-order valence-corrected chi connectivity index (χ4v) is 2.03. The Balaban J connectivity index is 2.24. The second-order valence-corrected chi connectivity index (χ2v) is 4.85. The van der Waals surface area contributed by atoms with Gasteiger partial charge in [0, 0.05) is 22.0 Å². The van der Waals surface area contributed by atoms with Gasteiger partial charge >= 0.3 is 6.18 Å². The van der Waals surface area contributed by atoms with Crippen LogP contribution in [0.2, 0.25) is 0 Å². The summed E-state index contributed by atoms with van der Waals surface area (Å²) in [5, 5.41) is 2.36. The number of carbonyl (C=O) groups is 1. The minimum atomic E-state index is -4.50. The van der Waals surface area contributed by atoms with E-state index in [0.29, 0.717) is 5.69 Å². The summed E-state index contributed by atoms with van der Waals surface area (Å²) in [5.41, 5.74) is 5.15. The minimum Gasteiger partial charge on any atom is -0.397 e. The highest BCUT2D eigenvalue weighted by Gasteiger charge is 2.33. The number of aromatic nitrogens is 1. The molecule has 4 N–H and O–H groups in total. The van der Waals surface area contributed by atoms with E-state index in [1.807, 2.05) is 0 Å². The molecule has 0 bridgehead atoms. The van der Waals surface area contributed by atoms with E-state index in [-0.39, 0.29) is 15.9 Å². The Morgan fingerprint density at radius 3 is 2.55 bits per heavy atom. The van der Waals surface area contributed by atoms with E-state index >= 15 is 0 Å². The van der Waals surface area contributed by atoms with Gasteiger partial charge in [-0.3, -0.25) is 4.79 Å². The second-order valence-electron chi connectivity index (χ2n) is 3.99. The van der Waals surface area contributed by atoms with Crippen molar-refractivity contribution in [2.45, 2.75) is 6.18 Å². The highest BCUT2D eigenvalue weighted by molar-refractivity contribution is 9.10. The Hall–Kier alpha value is -1.96. The van der Waals surface area contributed by atoms with Crippen LogP contribution in [0.5, 0.6) is 0 Å². The maximum absolute atomic E-state index is 12.7. The molecule has 1 amide bonds. The summed E-state index contributed by atoms with van der Waals surface area (Å²) >= 11 is 2.83. The van der Waals surface area contributed by atoms with Crippen molar-refractivity contribution in [3.8, 4) is 0 Å². The number of carbonyl (C=O) groups excluding carboxylic acids is 1. The zero-order valence-corrected chi connectivity index (χ0v) is 11.5. The number of rotatable bonds is 2. The summed E-state index contributed by atoms with van der Waals surface area (Å²) in [6, 6.07) is 4.83. The Bertz CT molecular complexity index is 652. The number of nitrogens with two attached hydrogens (primary N) is 1. The number of benzene rings is 1. The first-order chi connectivity index (χ1) is 9.27. The number of amides is 1. The van der Waals surface area contributed by atoms with Gasteiger partial charge in [0.25, 0.3) is 5.91 Å². The molecule has 20 heavy (non-hydrogen) atoms. The molecule has 0 saturated heterocycles. The molecule has 4 nitrogen and oxygen atoms in total. The largest absolute Gasteiger partial charge is 0.417 e. The van der Waals surface area contributed by atoms with Crippen LogP contribution < -0.4 is 11.1 Å². The fraction of sp³-hybridized carbons (Fsp3) is 0.0833. The Labute approximate surface area is 120 Å². The molecule has 0 spiro atoms. The van der Waals surface area contributed by atoms with Crippen molar-refractivity contribution in [2.24, 2.45) is 0 Å². The van der Waals surface area contributed by atoms with Gasteiger partial charge in [-0.25, -0.2) is 0 Å². The van der Waals surface area contributed by atoms with Gasteiger partial charge in [0.05, 0.1) is 5.56 Å². The zero-order chi connectivity index (χ0) is 14.9. The maximum atomic E-state index is 12.7.